The summed E-state index contributed by atoms with van der Waals surface area (Å²) in [5.74, 6) is 0. The first-order valence-electron chi connectivity index (χ1n) is 6.08. The van der Waals surface area contributed by atoms with Crippen LogP contribution in [0.15, 0.2) is 36.7 Å². The third-order valence-corrected chi connectivity index (χ3v) is 3.18. The Morgan fingerprint density at radius 2 is 2.11 bits per heavy atom. The highest BCUT2D eigenvalue weighted by Crippen LogP contribution is 2.28. The van der Waals surface area contributed by atoms with Crippen LogP contribution in [-0.2, 0) is 9.47 Å². The number of fused-ring (bicyclic) bond motifs is 1. The number of benzene rings is 1. The van der Waals surface area contributed by atoms with E-state index in [2.05, 4.69) is 4.98 Å². The Kier molecular flexibility index (Phi) is 3.23. The molecule has 0 bridgehead atoms. The van der Waals surface area contributed by atoms with Crippen LogP contribution < -0.4 is 0 Å². The zero-order valence-electron chi connectivity index (χ0n) is 9.95. The number of pyridine rings is 1. The molecule has 18 heavy (non-hydrogen) atoms. The first-order chi connectivity index (χ1) is 8.84. The van der Waals surface area contributed by atoms with Crippen LogP contribution in [0.4, 0.5) is 0 Å². The topological polar surface area (TPSA) is 51.6 Å². The number of hydrogen-bond acceptors (Lipinski definition) is 4. The van der Waals surface area contributed by atoms with Gasteiger partial charge < -0.3 is 14.6 Å². The quantitative estimate of drug-likeness (QED) is 0.899. The Labute approximate surface area is 105 Å². The van der Waals surface area contributed by atoms with E-state index in [1.54, 1.807) is 12.4 Å². The molecule has 1 N–H and O–H groups in total. The molecule has 0 aliphatic carbocycles. The summed E-state index contributed by atoms with van der Waals surface area (Å²) >= 11 is 0. The number of aliphatic hydroxyl groups excluding tert-OH is 1. The lowest BCUT2D eigenvalue weighted by molar-refractivity contribution is -0.0705. The monoisotopic (exact) mass is 245 g/mol. The molecule has 94 valence electrons. The SMILES string of the molecule is OC(CC1OCCO1)c1cccc2ccncc12. The summed E-state index contributed by atoms with van der Waals surface area (Å²) in [7, 11) is 0. The van der Waals surface area contributed by atoms with Gasteiger partial charge in [-0.1, -0.05) is 18.2 Å². The highest BCUT2D eigenvalue weighted by molar-refractivity contribution is 5.85. The maximum Gasteiger partial charge on any atom is 0.160 e. The minimum Gasteiger partial charge on any atom is -0.388 e. The molecule has 1 aromatic carbocycles. The van der Waals surface area contributed by atoms with Crippen molar-refractivity contribution in [1.82, 2.24) is 4.98 Å². The van der Waals surface area contributed by atoms with Gasteiger partial charge in [-0.05, 0) is 17.0 Å². The number of aromatic nitrogens is 1. The Bertz CT molecular complexity index is 532. The van der Waals surface area contributed by atoms with Gasteiger partial charge in [0.1, 0.15) is 0 Å². The molecular formula is C14H15NO3. The van der Waals surface area contributed by atoms with Gasteiger partial charge in [-0.15, -0.1) is 0 Å². The molecule has 1 saturated heterocycles. The van der Waals surface area contributed by atoms with E-state index >= 15 is 0 Å². The normalized spacial score (nSPS) is 18.3. The minimum absolute atomic E-state index is 0.299. The number of hydrogen-bond donors (Lipinski definition) is 1. The average molecular weight is 245 g/mol. The highest BCUT2D eigenvalue weighted by atomic mass is 16.7. The van der Waals surface area contributed by atoms with Crippen LogP contribution in [0.25, 0.3) is 10.8 Å². The summed E-state index contributed by atoms with van der Waals surface area (Å²) in [6.07, 6.45) is 3.09. The predicted molar refractivity (Wildman–Crippen MR) is 67.0 cm³/mol. The van der Waals surface area contributed by atoms with Gasteiger partial charge in [-0.3, -0.25) is 4.98 Å². The standard InChI is InChI=1S/C14H15NO3/c16-13(8-14-17-6-7-18-14)11-3-1-2-10-4-5-15-9-12(10)11/h1-5,9,13-14,16H,6-8H2. The van der Waals surface area contributed by atoms with Crippen LogP contribution in [0.5, 0.6) is 0 Å². The molecule has 4 nitrogen and oxygen atoms in total. The molecule has 1 aliphatic rings. The van der Waals surface area contributed by atoms with E-state index in [1.807, 2.05) is 24.3 Å². The van der Waals surface area contributed by atoms with Crippen molar-refractivity contribution in [2.45, 2.75) is 18.8 Å². The molecule has 1 fully saturated rings. The lowest BCUT2D eigenvalue weighted by Gasteiger charge is -2.16. The summed E-state index contributed by atoms with van der Waals surface area (Å²) in [6, 6.07) is 7.81. The van der Waals surface area contributed by atoms with Gasteiger partial charge in [0.25, 0.3) is 0 Å². The summed E-state index contributed by atoms with van der Waals surface area (Å²) in [5, 5.41) is 12.3. The van der Waals surface area contributed by atoms with Crippen molar-refractivity contribution in [3.05, 3.63) is 42.2 Å². The van der Waals surface area contributed by atoms with Gasteiger partial charge in [0.2, 0.25) is 0 Å². The van der Waals surface area contributed by atoms with Gasteiger partial charge in [-0.2, -0.15) is 0 Å². The lowest BCUT2D eigenvalue weighted by atomic mass is 10.00. The lowest BCUT2D eigenvalue weighted by Crippen LogP contribution is -2.13. The molecular weight excluding hydrogens is 230 g/mol. The van der Waals surface area contributed by atoms with E-state index < -0.39 is 6.10 Å². The van der Waals surface area contributed by atoms with Crippen molar-refractivity contribution in [3.8, 4) is 0 Å². The fourth-order valence-electron chi connectivity index (χ4n) is 2.28. The van der Waals surface area contributed by atoms with E-state index in [0.29, 0.717) is 19.6 Å². The van der Waals surface area contributed by atoms with E-state index in [4.69, 9.17) is 9.47 Å². The summed E-state index contributed by atoms with van der Waals surface area (Å²) in [5.41, 5.74) is 0.875. The predicted octanol–water partition coefficient (Wildman–Crippen LogP) is 2.03. The molecule has 0 amide bonds. The van der Waals surface area contributed by atoms with E-state index in [9.17, 15) is 5.11 Å². The molecule has 1 unspecified atom stereocenters. The van der Waals surface area contributed by atoms with Crippen molar-refractivity contribution < 1.29 is 14.6 Å². The first kappa shape index (κ1) is 11.6. The molecule has 3 rings (SSSR count). The molecule has 1 atom stereocenters. The largest absolute Gasteiger partial charge is 0.388 e. The Hall–Kier alpha value is -1.49. The van der Waals surface area contributed by atoms with Crippen LogP contribution in [0.1, 0.15) is 18.1 Å². The Balaban J connectivity index is 1.88. The van der Waals surface area contributed by atoms with Crippen LogP contribution >= 0.6 is 0 Å². The summed E-state index contributed by atoms with van der Waals surface area (Å²) < 4.78 is 10.7. The molecule has 4 heteroatoms. The third kappa shape index (κ3) is 2.22. The van der Waals surface area contributed by atoms with Crippen molar-refractivity contribution in [3.63, 3.8) is 0 Å². The van der Waals surface area contributed by atoms with Crippen LogP contribution in [0.2, 0.25) is 0 Å². The zero-order valence-corrected chi connectivity index (χ0v) is 9.95. The average Bonchev–Trinajstić information content (AvgIpc) is 2.91. The second kappa shape index (κ2) is 5.02. The Morgan fingerprint density at radius 3 is 2.94 bits per heavy atom. The zero-order chi connectivity index (χ0) is 12.4. The number of ether oxygens (including phenoxy) is 2. The minimum atomic E-state index is -0.596. The number of rotatable bonds is 3. The van der Waals surface area contributed by atoms with Crippen molar-refractivity contribution in [2.75, 3.05) is 13.2 Å². The molecule has 0 radical (unpaired) electrons. The summed E-state index contributed by atoms with van der Waals surface area (Å²) in [4.78, 5) is 4.11. The van der Waals surface area contributed by atoms with Gasteiger partial charge in [-0.25, -0.2) is 0 Å². The van der Waals surface area contributed by atoms with Crippen LogP contribution in [0.3, 0.4) is 0 Å². The summed E-state index contributed by atoms with van der Waals surface area (Å²) in [6.45, 7) is 1.21. The number of nitrogens with zero attached hydrogens (tertiary/aromatic N) is 1. The molecule has 1 aliphatic heterocycles. The molecule has 0 spiro atoms. The highest BCUT2D eigenvalue weighted by Gasteiger charge is 2.22. The van der Waals surface area contributed by atoms with E-state index in [0.717, 1.165) is 16.3 Å². The van der Waals surface area contributed by atoms with Crippen LogP contribution in [-0.4, -0.2) is 29.6 Å². The fourth-order valence-corrected chi connectivity index (χ4v) is 2.28. The van der Waals surface area contributed by atoms with Crippen molar-refractivity contribution in [1.29, 1.82) is 0 Å². The molecule has 2 aromatic rings. The molecule has 2 heterocycles. The maximum absolute atomic E-state index is 10.3. The van der Waals surface area contributed by atoms with Crippen molar-refractivity contribution >= 4 is 10.8 Å². The second-order valence-corrected chi connectivity index (χ2v) is 4.37. The molecule has 1 aromatic heterocycles. The van der Waals surface area contributed by atoms with Crippen LogP contribution in [0, 0.1) is 0 Å². The van der Waals surface area contributed by atoms with E-state index in [-0.39, 0.29) is 6.29 Å². The molecule has 0 saturated carbocycles. The fraction of sp³-hybridized carbons (Fsp3) is 0.357. The van der Waals surface area contributed by atoms with Crippen molar-refractivity contribution in [2.24, 2.45) is 0 Å². The van der Waals surface area contributed by atoms with Gasteiger partial charge >= 0.3 is 0 Å². The van der Waals surface area contributed by atoms with Gasteiger partial charge in [0.05, 0.1) is 19.3 Å². The van der Waals surface area contributed by atoms with E-state index in [1.165, 1.54) is 0 Å². The van der Waals surface area contributed by atoms with Gasteiger partial charge in [0.15, 0.2) is 6.29 Å². The third-order valence-electron chi connectivity index (χ3n) is 3.18. The Morgan fingerprint density at radius 1 is 1.28 bits per heavy atom. The maximum atomic E-state index is 10.3. The van der Waals surface area contributed by atoms with Gasteiger partial charge in [0, 0.05) is 24.2 Å². The first-order valence-corrected chi connectivity index (χ1v) is 6.08. The smallest absolute Gasteiger partial charge is 0.160 e. The second-order valence-electron chi connectivity index (χ2n) is 4.37. The number of aliphatic hydroxyl groups is 1.